The van der Waals surface area contributed by atoms with Crippen LogP contribution in [-0.2, 0) is 0 Å². The van der Waals surface area contributed by atoms with Crippen molar-refractivity contribution in [2.45, 2.75) is 104 Å². The quantitative estimate of drug-likeness (QED) is 0.213. The van der Waals surface area contributed by atoms with E-state index in [9.17, 15) is 0 Å². The predicted molar refractivity (Wildman–Crippen MR) is 158 cm³/mol. The maximum Gasteiger partial charge on any atom is 0.0993 e. The number of unbranched alkanes of at least 4 members (excludes halogenated alkanes) is 10. The minimum absolute atomic E-state index is 1.04. The highest BCUT2D eigenvalue weighted by atomic mass is 15.0. The molecule has 0 fully saturated rings. The van der Waals surface area contributed by atoms with Gasteiger partial charge in [0.15, 0.2) is 0 Å². The summed E-state index contributed by atoms with van der Waals surface area (Å²) in [6.07, 6.45) is 17.7. The van der Waals surface area contributed by atoms with E-state index >= 15 is 0 Å². The summed E-state index contributed by atoms with van der Waals surface area (Å²) in [6.45, 7) is 4.56. The van der Waals surface area contributed by atoms with Crippen LogP contribution in [0.2, 0.25) is 0 Å². The van der Waals surface area contributed by atoms with E-state index in [1.165, 1.54) is 111 Å². The highest BCUT2D eigenvalue weighted by molar-refractivity contribution is 6.35. The summed E-state index contributed by atoms with van der Waals surface area (Å²) in [5.74, 6) is 0. The third kappa shape index (κ3) is 6.72. The molecule has 2 heterocycles. The lowest BCUT2D eigenvalue weighted by Gasteiger charge is -2.10. The van der Waals surface area contributed by atoms with E-state index in [0.29, 0.717) is 0 Å². The van der Waals surface area contributed by atoms with Crippen molar-refractivity contribution in [1.82, 2.24) is 0 Å². The van der Waals surface area contributed by atoms with E-state index in [2.05, 4.69) is 74.5 Å². The Hall–Kier alpha value is -2.74. The molecule has 0 spiro atoms. The summed E-state index contributed by atoms with van der Waals surface area (Å²) in [7, 11) is 0. The van der Waals surface area contributed by atoms with E-state index in [0.717, 1.165) is 24.2 Å². The van der Waals surface area contributed by atoms with Gasteiger partial charge in [-0.05, 0) is 36.8 Å². The van der Waals surface area contributed by atoms with Gasteiger partial charge in [-0.1, -0.05) is 139 Å². The fraction of sp³-hybridized carbons (Fsp3) is 0.471. The summed E-state index contributed by atoms with van der Waals surface area (Å²) in [5.41, 5.74) is 9.74. The zero-order valence-corrected chi connectivity index (χ0v) is 22.6. The van der Waals surface area contributed by atoms with Crippen molar-refractivity contribution in [3.63, 3.8) is 0 Å². The van der Waals surface area contributed by atoms with Gasteiger partial charge in [0.1, 0.15) is 0 Å². The van der Waals surface area contributed by atoms with E-state index in [1.807, 2.05) is 0 Å². The smallest absolute Gasteiger partial charge is 0.0993 e. The lowest BCUT2D eigenvalue weighted by atomic mass is 9.95. The summed E-state index contributed by atoms with van der Waals surface area (Å²) in [6, 6.07) is 21.7. The van der Waals surface area contributed by atoms with Crippen LogP contribution in [0.3, 0.4) is 0 Å². The molecule has 0 unspecified atom stereocenters. The number of rotatable bonds is 16. The highest BCUT2D eigenvalue weighted by Crippen LogP contribution is 2.44. The molecule has 0 radical (unpaired) electrons. The van der Waals surface area contributed by atoms with Gasteiger partial charge in [0.05, 0.1) is 22.8 Å². The molecule has 2 aliphatic heterocycles. The number of benzene rings is 2. The largest absolute Gasteiger partial charge is 0.250 e. The van der Waals surface area contributed by atoms with Gasteiger partial charge in [-0.2, -0.15) is 0 Å². The van der Waals surface area contributed by atoms with Crippen molar-refractivity contribution in [3.05, 3.63) is 83.2 Å². The number of hydrogen-bond acceptors (Lipinski definition) is 2. The summed E-state index contributed by atoms with van der Waals surface area (Å²) in [5, 5.41) is 0. The van der Waals surface area contributed by atoms with E-state index in [1.54, 1.807) is 0 Å². The Bertz CT molecular complexity index is 997. The second kappa shape index (κ2) is 14.1. The Balaban J connectivity index is 1.61. The normalized spacial score (nSPS) is 14.9. The Morgan fingerprint density at radius 3 is 1.19 bits per heavy atom. The Morgan fingerprint density at radius 1 is 0.444 bits per heavy atom. The molecule has 0 saturated carbocycles. The molecule has 0 aromatic heterocycles. The second-order valence-electron chi connectivity index (χ2n) is 10.3. The molecule has 4 rings (SSSR count). The van der Waals surface area contributed by atoms with Crippen LogP contribution in [0.5, 0.6) is 0 Å². The fourth-order valence-electron chi connectivity index (χ4n) is 5.43. The standard InChI is InChI=1S/C34H44N2/c1-3-5-7-9-11-19-25-29-31(27-21-15-13-16-22-27)33-34(35-29)32(28-23-17-14-18-24-28)30(36-33)26-20-12-10-8-6-4-2/h13-18,21-24H,3-12,19-20,25-26H2,1-2H3. The van der Waals surface area contributed by atoms with E-state index in [4.69, 9.17) is 9.98 Å². The van der Waals surface area contributed by atoms with Gasteiger partial charge in [0.2, 0.25) is 0 Å². The van der Waals surface area contributed by atoms with Crippen LogP contribution in [0.1, 0.15) is 115 Å². The van der Waals surface area contributed by atoms with Gasteiger partial charge in [0, 0.05) is 11.1 Å². The monoisotopic (exact) mass is 480 g/mol. The molecule has 2 aromatic rings. The van der Waals surface area contributed by atoms with Crippen molar-refractivity contribution in [2.75, 3.05) is 0 Å². The number of nitrogens with zero attached hydrogens (tertiary/aromatic N) is 2. The molecule has 0 aliphatic carbocycles. The lowest BCUT2D eigenvalue weighted by Crippen LogP contribution is -2.03. The van der Waals surface area contributed by atoms with Crippen LogP contribution < -0.4 is 0 Å². The summed E-state index contributed by atoms with van der Waals surface area (Å²) >= 11 is 0. The Kier molecular flexibility index (Phi) is 10.3. The first-order chi connectivity index (χ1) is 17.8. The summed E-state index contributed by atoms with van der Waals surface area (Å²) in [4.78, 5) is 10.7. The molecule has 2 nitrogen and oxygen atoms in total. The van der Waals surface area contributed by atoms with Crippen LogP contribution in [0.15, 0.2) is 82.0 Å². The first-order valence-corrected chi connectivity index (χ1v) is 14.6. The fourth-order valence-corrected chi connectivity index (χ4v) is 5.43. The molecule has 0 saturated heterocycles. The molecular formula is C34H44N2. The van der Waals surface area contributed by atoms with Gasteiger partial charge in [-0.15, -0.1) is 0 Å². The van der Waals surface area contributed by atoms with Crippen LogP contribution in [-0.4, -0.2) is 11.4 Å². The molecular weight excluding hydrogens is 436 g/mol. The van der Waals surface area contributed by atoms with Crippen molar-refractivity contribution in [3.8, 4) is 0 Å². The average molecular weight is 481 g/mol. The van der Waals surface area contributed by atoms with Crippen LogP contribution in [0.4, 0.5) is 0 Å². The van der Waals surface area contributed by atoms with Gasteiger partial charge >= 0.3 is 0 Å². The highest BCUT2D eigenvalue weighted by Gasteiger charge is 2.33. The van der Waals surface area contributed by atoms with Crippen molar-refractivity contribution in [1.29, 1.82) is 0 Å². The van der Waals surface area contributed by atoms with Crippen LogP contribution in [0.25, 0.3) is 11.1 Å². The zero-order chi connectivity index (χ0) is 25.0. The zero-order valence-electron chi connectivity index (χ0n) is 22.6. The van der Waals surface area contributed by atoms with Crippen molar-refractivity contribution < 1.29 is 0 Å². The molecule has 0 atom stereocenters. The number of hydrogen-bond donors (Lipinski definition) is 0. The molecule has 0 amide bonds. The number of fused-ring (bicyclic) bond motifs is 1. The minimum atomic E-state index is 1.04. The maximum absolute atomic E-state index is 5.33. The van der Waals surface area contributed by atoms with Crippen molar-refractivity contribution in [2.24, 2.45) is 9.98 Å². The number of allylic oxidation sites excluding steroid dienone is 2. The third-order valence-electron chi connectivity index (χ3n) is 7.43. The molecule has 36 heavy (non-hydrogen) atoms. The SMILES string of the molecule is CCCCCCCCC1=NC2=C(c3ccccc3)C(CCCCCCCC)=NC2=C1c1ccccc1. The topological polar surface area (TPSA) is 24.7 Å². The predicted octanol–water partition coefficient (Wildman–Crippen LogP) is 10.2. The molecule has 190 valence electrons. The first-order valence-electron chi connectivity index (χ1n) is 14.6. The van der Waals surface area contributed by atoms with E-state index < -0.39 is 0 Å². The average Bonchev–Trinajstić information content (AvgIpc) is 3.44. The van der Waals surface area contributed by atoms with Gasteiger partial charge < -0.3 is 0 Å². The molecule has 2 heteroatoms. The van der Waals surface area contributed by atoms with Gasteiger partial charge in [-0.25, -0.2) is 9.98 Å². The van der Waals surface area contributed by atoms with Crippen LogP contribution in [0, 0.1) is 0 Å². The number of aliphatic imine (C=N–C) groups is 2. The Labute approximate surface area is 219 Å². The van der Waals surface area contributed by atoms with Gasteiger partial charge in [-0.3, -0.25) is 0 Å². The van der Waals surface area contributed by atoms with E-state index in [-0.39, 0.29) is 0 Å². The van der Waals surface area contributed by atoms with Crippen molar-refractivity contribution >= 4 is 22.6 Å². The Morgan fingerprint density at radius 2 is 0.806 bits per heavy atom. The first kappa shape index (κ1) is 26.3. The second-order valence-corrected chi connectivity index (χ2v) is 10.3. The third-order valence-corrected chi connectivity index (χ3v) is 7.43. The van der Waals surface area contributed by atoms with Crippen LogP contribution >= 0.6 is 0 Å². The maximum atomic E-state index is 5.33. The summed E-state index contributed by atoms with van der Waals surface area (Å²) < 4.78 is 0. The molecule has 0 bridgehead atoms. The molecule has 2 aliphatic rings. The molecule has 0 N–H and O–H groups in total. The minimum Gasteiger partial charge on any atom is -0.250 e. The lowest BCUT2D eigenvalue weighted by molar-refractivity contribution is 0.616. The molecule has 2 aromatic carbocycles. The van der Waals surface area contributed by atoms with Gasteiger partial charge in [0.25, 0.3) is 0 Å².